The summed E-state index contributed by atoms with van der Waals surface area (Å²) in [6.45, 7) is 3.82. The highest BCUT2D eigenvalue weighted by Gasteiger charge is 2.34. The fraction of sp³-hybridized carbons (Fsp3) is 0.344. The van der Waals surface area contributed by atoms with Crippen LogP contribution in [0.15, 0.2) is 77.9 Å². The molecule has 0 unspecified atom stereocenters. The first-order valence-electron chi connectivity index (χ1n) is 14.0. The Bertz CT molecular complexity index is 1390. The van der Waals surface area contributed by atoms with Gasteiger partial charge in [0.25, 0.3) is 11.8 Å². The molecule has 0 radical (unpaired) electrons. The second-order valence-corrected chi connectivity index (χ2v) is 10.6. The van der Waals surface area contributed by atoms with Crippen LogP contribution in [0.25, 0.3) is 0 Å². The average molecular weight is 591 g/mol. The van der Waals surface area contributed by atoms with Crippen molar-refractivity contribution in [1.82, 2.24) is 14.8 Å². The molecule has 0 N–H and O–H groups in total. The third-order valence-corrected chi connectivity index (χ3v) is 7.84. The molecule has 0 saturated carbocycles. The van der Waals surface area contributed by atoms with Crippen LogP contribution in [0.3, 0.4) is 0 Å². The molecule has 0 spiro atoms. The summed E-state index contributed by atoms with van der Waals surface area (Å²) in [5.74, 6) is 0.918. The van der Waals surface area contributed by atoms with E-state index in [1.165, 1.54) is 5.01 Å². The minimum atomic E-state index is -0.330. The first-order valence-corrected chi connectivity index (χ1v) is 14.4. The number of carbonyl (C=O) groups is 2. The lowest BCUT2D eigenvalue weighted by Crippen LogP contribution is -2.46. The van der Waals surface area contributed by atoms with Crippen LogP contribution in [-0.4, -0.2) is 92.5 Å². The number of halogens is 1. The van der Waals surface area contributed by atoms with Crippen molar-refractivity contribution in [1.29, 1.82) is 0 Å². The number of nitrogens with zero attached hydrogens (tertiary/aromatic N) is 4. The maximum absolute atomic E-state index is 14.0. The van der Waals surface area contributed by atoms with Gasteiger partial charge in [-0.3, -0.25) is 14.5 Å². The molecule has 2 aliphatic rings. The van der Waals surface area contributed by atoms with E-state index in [2.05, 4.69) is 4.90 Å². The van der Waals surface area contributed by atoms with Gasteiger partial charge in [-0.2, -0.15) is 5.10 Å². The standard InChI is InChI=1S/C32H35ClN4O5/c1-40-27-11-5-23(6-12-27)29-21-30(24-3-9-26(33)10-4-24)37(34-29)31(38)22-36(16-15-35-17-19-42-20-18-35)32(39)25-7-13-28(41-2)14-8-25/h3-14,30H,15-22H2,1-2H3/t30-/m1/s1. The van der Waals surface area contributed by atoms with Crippen LogP contribution < -0.4 is 9.47 Å². The largest absolute Gasteiger partial charge is 0.497 e. The van der Waals surface area contributed by atoms with Gasteiger partial charge in [0.1, 0.15) is 18.0 Å². The number of hydrogen-bond donors (Lipinski definition) is 0. The lowest BCUT2D eigenvalue weighted by atomic mass is 9.98. The first-order chi connectivity index (χ1) is 20.4. The lowest BCUT2D eigenvalue weighted by Gasteiger charge is -2.31. The maximum Gasteiger partial charge on any atom is 0.262 e. The Balaban J connectivity index is 1.40. The third kappa shape index (κ3) is 7.10. The van der Waals surface area contributed by atoms with Crippen LogP contribution in [0.4, 0.5) is 0 Å². The van der Waals surface area contributed by atoms with Crippen LogP contribution in [0.2, 0.25) is 5.02 Å². The van der Waals surface area contributed by atoms with Crippen LogP contribution >= 0.6 is 11.6 Å². The van der Waals surface area contributed by atoms with Crippen LogP contribution in [-0.2, 0) is 9.53 Å². The smallest absolute Gasteiger partial charge is 0.262 e. The van der Waals surface area contributed by atoms with E-state index >= 15 is 0 Å². The molecule has 9 nitrogen and oxygen atoms in total. The molecule has 1 fully saturated rings. The highest BCUT2D eigenvalue weighted by molar-refractivity contribution is 6.30. The number of hydrazone groups is 1. The molecule has 0 bridgehead atoms. The van der Waals surface area contributed by atoms with E-state index in [1.807, 2.05) is 48.5 Å². The Kier molecular flexibility index (Phi) is 9.74. The highest BCUT2D eigenvalue weighted by Crippen LogP contribution is 2.34. The van der Waals surface area contributed by atoms with Crippen molar-refractivity contribution >= 4 is 29.1 Å². The first kappa shape index (κ1) is 29.6. The minimum absolute atomic E-state index is 0.112. The van der Waals surface area contributed by atoms with Gasteiger partial charge in [-0.25, -0.2) is 5.01 Å². The summed E-state index contributed by atoms with van der Waals surface area (Å²) in [5.41, 5.74) is 3.10. The molecule has 220 valence electrons. The molecular weight excluding hydrogens is 556 g/mol. The molecule has 10 heteroatoms. The molecular formula is C32H35ClN4O5. The zero-order valence-corrected chi connectivity index (χ0v) is 24.6. The zero-order valence-electron chi connectivity index (χ0n) is 23.9. The van der Waals surface area contributed by atoms with Crippen LogP contribution in [0.1, 0.15) is 33.9 Å². The van der Waals surface area contributed by atoms with Gasteiger partial charge in [0.05, 0.1) is 39.2 Å². The SMILES string of the molecule is COc1ccc(C(=O)N(CCN2CCOCC2)CC(=O)N2N=C(c3ccc(OC)cc3)C[C@@H]2c2ccc(Cl)cc2)cc1. The molecule has 0 aromatic heterocycles. The molecule has 5 rings (SSSR count). The highest BCUT2D eigenvalue weighted by atomic mass is 35.5. The van der Waals surface area contributed by atoms with Crippen molar-refractivity contribution in [3.05, 3.63) is 94.5 Å². The number of methoxy groups -OCH3 is 2. The van der Waals surface area contributed by atoms with E-state index in [0.717, 1.165) is 35.7 Å². The van der Waals surface area contributed by atoms with E-state index in [9.17, 15) is 9.59 Å². The van der Waals surface area contributed by atoms with E-state index in [1.54, 1.807) is 43.4 Å². The second-order valence-electron chi connectivity index (χ2n) is 10.2. The van der Waals surface area contributed by atoms with Crippen molar-refractivity contribution < 1.29 is 23.8 Å². The van der Waals surface area contributed by atoms with Gasteiger partial charge in [-0.15, -0.1) is 0 Å². The maximum atomic E-state index is 14.0. The van der Waals surface area contributed by atoms with Crippen LogP contribution in [0, 0.1) is 0 Å². The summed E-state index contributed by atoms with van der Waals surface area (Å²) >= 11 is 6.17. The molecule has 3 aromatic carbocycles. The topological polar surface area (TPSA) is 83.9 Å². The Morgan fingerprint density at radius 1 is 0.929 bits per heavy atom. The summed E-state index contributed by atoms with van der Waals surface area (Å²) in [6.07, 6.45) is 0.528. The number of benzene rings is 3. The Hall–Kier alpha value is -3.92. The van der Waals surface area contributed by atoms with Crippen molar-refractivity contribution in [3.8, 4) is 11.5 Å². The Labute approximate surface area is 251 Å². The summed E-state index contributed by atoms with van der Waals surface area (Å²) in [6, 6.07) is 21.7. The molecule has 2 heterocycles. The van der Waals surface area contributed by atoms with Gasteiger partial charge in [0.2, 0.25) is 0 Å². The quantitative estimate of drug-likeness (QED) is 0.346. The van der Waals surface area contributed by atoms with E-state index in [4.69, 9.17) is 30.9 Å². The fourth-order valence-corrected chi connectivity index (χ4v) is 5.26. The van der Waals surface area contributed by atoms with Crippen molar-refractivity contribution in [2.24, 2.45) is 5.10 Å². The van der Waals surface area contributed by atoms with E-state index in [0.29, 0.717) is 49.1 Å². The fourth-order valence-electron chi connectivity index (χ4n) is 5.13. The molecule has 0 aliphatic carbocycles. The van der Waals surface area contributed by atoms with E-state index < -0.39 is 0 Å². The normalized spacial score (nSPS) is 17.1. The minimum Gasteiger partial charge on any atom is -0.497 e. The summed E-state index contributed by atoms with van der Waals surface area (Å²) in [5, 5.41) is 6.93. The summed E-state index contributed by atoms with van der Waals surface area (Å²) < 4.78 is 16.0. The van der Waals surface area contributed by atoms with Crippen molar-refractivity contribution in [3.63, 3.8) is 0 Å². The number of amides is 2. The molecule has 1 atom stereocenters. The zero-order chi connectivity index (χ0) is 29.5. The van der Waals surface area contributed by atoms with Crippen LogP contribution in [0.5, 0.6) is 11.5 Å². The number of rotatable bonds is 10. The lowest BCUT2D eigenvalue weighted by molar-refractivity contribution is -0.133. The van der Waals surface area contributed by atoms with Gasteiger partial charge in [-0.05, 0) is 71.8 Å². The van der Waals surface area contributed by atoms with Gasteiger partial charge in [0, 0.05) is 43.2 Å². The van der Waals surface area contributed by atoms with Crippen molar-refractivity contribution in [2.45, 2.75) is 12.5 Å². The molecule has 2 aliphatic heterocycles. The van der Waals surface area contributed by atoms with Gasteiger partial charge in [-0.1, -0.05) is 23.7 Å². The van der Waals surface area contributed by atoms with Gasteiger partial charge >= 0.3 is 0 Å². The monoisotopic (exact) mass is 590 g/mol. The number of carbonyl (C=O) groups excluding carboxylic acids is 2. The molecule has 42 heavy (non-hydrogen) atoms. The second kappa shape index (κ2) is 13.8. The van der Waals surface area contributed by atoms with Gasteiger partial charge < -0.3 is 19.1 Å². The number of morpholine rings is 1. The van der Waals surface area contributed by atoms with Crippen molar-refractivity contribution in [2.75, 3.05) is 60.2 Å². The molecule has 3 aromatic rings. The third-order valence-electron chi connectivity index (χ3n) is 7.58. The summed E-state index contributed by atoms with van der Waals surface area (Å²) in [7, 11) is 3.20. The average Bonchev–Trinajstić information content (AvgIpc) is 3.49. The Morgan fingerprint density at radius 3 is 2.17 bits per heavy atom. The Morgan fingerprint density at radius 2 is 1.55 bits per heavy atom. The summed E-state index contributed by atoms with van der Waals surface area (Å²) in [4.78, 5) is 31.6. The number of hydrogen-bond acceptors (Lipinski definition) is 7. The van der Waals surface area contributed by atoms with Gasteiger partial charge in [0.15, 0.2) is 0 Å². The molecule has 1 saturated heterocycles. The van der Waals surface area contributed by atoms with E-state index in [-0.39, 0.29) is 24.4 Å². The molecule has 2 amide bonds. The number of ether oxygens (including phenoxy) is 3. The predicted molar refractivity (Wildman–Crippen MR) is 161 cm³/mol. The predicted octanol–water partition coefficient (Wildman–Crippen LogP) is 4.51.